The largest absolute Gasteiger partial charge is 0.488 e. The number of rotatable bonds is 6. The van der Waals surface area contributed by atoms with E-state index in [1.54, 1.807) is 12.1 Å². The summed E-state index contributed by atoms with van der Waals surface area (Å²) >= 11 is 21.8. The first-order chi connectivity index (χ1) is 12.9. The van der Waals surface area contributed by atoms with Crippen molar-refractivity contribution in [3.63, 3.8) is 0 Å². The Kier molecular flexibility index (Phi) is 6.93. The highest BCUT2D eigenvalue weighted by molar-refractivity contribution is 9.10. The maximum Gasteiger partial charge on any atom is 0.134 e. The normalized spacial score (nSPS) is 10.7. The average molecular weight is 486 g/mol. The van der Waals surface area contributed by atoms with Crippen molar-refractivity contribution in [3.05, 3.63) is 90.8 Å². The summed E-state index contributed by atoms with van der Waals surface area (Å²) in [4.78, 5) is 0. The third kappa shape index (κ3) is 5.55. The first kappa shape index (κ1) is 20.3. The van der Waals surface area contributed by atoms with Gasteiger partial charge in [0.15, 0.2) is 0 Å². The van der Waals surface area contributed by atoms with Gasteiger partial charge in [0, 0.05) is 32.9 Å². The van der Waals surface area contributed by atoms with Gasteiger partial charge in [-0.1, -0.05) is 53.0 Å². The Labute approximate surface area is 182 Å². The molecule has 2 nitrogen and oxygen atoms in total. The number of aryl methyl sites for hydroxylation is 1. The molecule has 0 saturated carbocycles. The van der Waals surface area contributed by atoms with E-state index < -0.39 is 0 Å². The summed E-state index contributed by atoms with van der Waals surface area (Å²) in [6.07, 6.45) is 0. The summed E-state index contributed by atoms with van der Waals surface area (Å²) in [5.74, 6) is 0.753. The van der Waals surface area contributed by atoms with Gasteiger partial charge >= 0.3 is 0 Å². The van der Waals surface area contributed by atoms with Gasteiger partial charge in [0.25, 0.3) is 0 Å². The van der Waals surface area contributed by atoms with Crippen LogP contribution in [0.25, 0.3) is 0 Å². The van der Waals surface area contributed by atoms with E-state index in [4.69, 9.17) is 39.5 Å². The Hall–Kier alpha value is -1.39. The topological polar surface area (TPSA) is 21.3 Å². The van der Waals surface area contributed by atoms with Crippen LogP contribution < -0.4 is 10.1 Å². The van der Waals surface area contributed by atoms with Crippen LogP contribution in [0.4, 0.5) is 5.69 Å². The Morgan fingerprint density at radius 2 is 1.74 bits per heavy atom. The number of halogens is 4. The van der Waals surface area contributed by atoms with Crippen LogP contribution in [0.1, 0.15) is 16.7 Å². The summed E-state index contributed by atoms with van der Waals surface area (Å²) in [6.45, 7) is 3.04. The minimum Gasteiger partial charge on any atom is -0.488 e. The van der Waals surface area contributed by atoms with Crippen LogP contribution in [0, 0.1) is 6.92 Å². The second-order valence-electron chi connectivity index (χ2n) is 6.11. The minimum absolute atomic E-state index is 0.369. The zero-order valence-corrected chi connectivity index (χ0v) is 18.4. The lowest BCUT2D eigenvalue weighted by Gasteiger charge is -2.12. The van der Waals surface area contributed by atoms with Crippen LogP contribution in [-0.4, -0.2) is 0 Å². The standard InChI is InChI=1S/C21H17BrCl3NO/c1-13-2-6-17(10-19(13)24)26-11-14-3-7-21(18(22)8-14)27-12-15-4-5-16(23)9-20(15)25/h2-10,26H,11-12H2,1H3. The first-order valence-corrected chi connectivity index (χ1v) is 10.2. The quantitative estimate of drug-likeness (QED) is 0.383. The maximum atomic E-state index is 6.19. The molecule has 0 heterocycles. The van der Waals surface area contributed by atoms with E-state index >= 15 is 0 Å². The third-order valence-electron chi connectivity index (χ3n) is 4.06. The van der Waals surface area contributed by atoms with Crippen LogP contribution >= 0.6 is 50.7 Å². The van der Waals surface area contributed by atoms with E-state index in [0.29, 0.717) is 23.2 Å². The summed E-state index contributed by atoms with van der Waals surface area (Å²) in [5, 5.41) is 5.33. The lowest BCUT2D eigenvalue weighted by Crippen LogP contribution is -2.01. The Bertz CT molecular complexity index is 962. The van der Waals surface area contributed by atoms with E-state index in [1.165, 1.54) is 0 Å². The molecule has 27 heavy (non-hydrogen) atoms. The molecular weight excluding hydrogens is 469 g/mol. The van der Waals surface area contributed by atoms with Gasteiger partial charge in [-0.2, -0.15) is 0 Å². The van der Waals surface area contributed by atoms with Gasteiger partial charge in [0.2, 0.25) is 0 Å². The predicted molar refractivity (Wildman–Crippen MR) is 118 cm³/mol. The van der Waals surface area contributed by atoms with Gasteiger partial charge in [0.1, 0.15) is 12.4 Å². The number of benzene rings is 3. The number of hydrogen-bond acceptors (Lipinski definition) is 2. The van der Waals surface area contributed by atoms with E-state index in [1.807, 2.05) is 49.4 Å². The summed E-state index contributed by atoms with van der Waals surface area (Å²) in [5.41, 5.74) is 4.05. The van der Waals surface area contributed by atoms with Crippen molar-refractivity contribution in [2.45, 2.75) is 20.1 Å². The highest BCUT2D eigenvalue weighted by atomic mass is 79.9. The monoisotopic (exact) mass is 483 g/mol. The number of ether oxygens (including phenoxy) is 1. The van der Waals surface area contributed by atoms with Gasteiger partial charge in [-0.15, -0.1) is 0 Å². The van der Waals surface area contributed by atoms with Crippen LogP contribution in [-0.2, 0) is 13.2 Å². The fourth-order valence-corrected chi connectivity index (χ4v) is 3.66. The molecule has 0 aliphatic rings. The molecule has 0 unspecified atom stereocenters. The number of hydrogen-bond donors (Lipinski definition) is 1. The second-order valence-corrected chi connectivity index (χ2v) is 8.21. The van der Waals surface area contributed by atoms with Gasteiger partial charge in [0.05, 0.1) is 4.47 Å². The van der Waals surface area contributed by atoms with Crippen molar-refractivity contribution in [1.29, 1.82) is 0 Å². The van der Waals surface area contributed by atoms with Crippen molar-refractivity contribution < 1.29 is 4.74 Å². The van der Waals surface area contributed by atoms with Gasteiger partial charge in [-0.25, -0.2) is 0 Å². The van der Waals surface area contributed by atoms with Crippen molar-refractivity contribution in [1.82, 2.24) is 0 Å². The maximum absolute atomic E-state index is 6.19. The molecule has 140 valence electrons. The number of anilines is 1. The van der Waals surface area contributed by atoms with E-state index in [2.05, 4.69) is 21.2 Å². The fraction of sp³-hybridized carbons (Fsp3) is 0.143. The lowest BCUT2D eigenvalue weighted by atomic mass is 10.2. The molecule has 1 N–H and O–H groups in total. The van der Waals surface area contributed by atoms with Crippen molar-refractivity contribution in [3.8, 4) is 5.75 Å². The van der Waals surface area contributed by atoms with Crippen molar-refractivity contribution in [2.75, 3.05) is 5.32 Å². The molecule has 3 aromatic carbocycles. The molecule has 0 saturated heterocycles. The highest BCUT2D eigenvalue weighted by Crippen LogP contribution is 2.29. The molecule has 0 radical (unpaired) electrons. The van der Waals surface area contributed by atoms with Crippen LogP contribution in [0.5, 0.6) is 5.75 Å². The molecule has 0 fully saturated rings. The third-order valence-corrected chi connectivity index (χ3v) is 5.68. The molecule has 0 aliphatic carbocycles. The van der Waals surface area contributed by atoms with E-state index in [0.717, 1.165) is 37.6 Å². The smallest absolute Gasteiger partial charge is 0.134 e. The van der Waals surface area contributed by atoms with Crippen LogP contribution in [0.15, 0.2) is 59.1 Å². The van der Waals surface area contributed by atoms with Crippen molar-refractivity contribution >= 4 is 56.4 Å². The van der Waals surface area contributed by atoms with E-state index in [9.17, 15) is 0 Å². The van der Waals surface area contributed by atoms with E-state index in [-0.39, 0.29) is 0 Å². The Morgan fingerprint density at radius 3 is 2.44 bits per heavy atom. The second kappa shape index (κ2) is 9.20. The Balaban J connectivity index is 1.62. The predicted octanol–water partition coefficient (Wildman–Crippen LogP) is 7.91. The Morgan fingerprint density at radius 1 is 0.926 bits per heavy atom. The SMILES string of the molecule is Cc1ccc(NCc2ccc(OCc3ccc(Cl)cc3Cl)c(Br)c2)cc1Cl. The minimum atomic E-state index is 0.369. The van der Waals surface area contributed by atoms with Gasteiger partial charge in [-0.3, -0.25) is 0 Å². The molecule has 3 rings (SSSR count). The molecule has 3 aromatic rings. The molecule has 0 atom stereocenters. The molecule has 0 aromatic heterocycles. The first-order valence-electron chi connectivity index (χ1n) is 8.27. The van der Waals surface area contributed by atoms with Crippen LogP contribution in [0.2, 0.25) is 15.1 Å². The molecule has 0 amide bonds. The average Bonchev–Trinajstić information content (AvgIpc) is 2.63. The molecule has 0 spiro atoms. The molecule has 6 heteroatoms. The highest BCUT2D eigenvalue weighted by Gasteiger charge is 2.07. The fourth-order valence-electron chi connectivity index (χ4n) is 2.47. The van der Waals surface area contributed by atoms with Crippen molar-refractivity contribution in [2.24, 2.45) is 0 Å². The zero-order chi connectivity index (χ0) is 19.4. The summed E-state index contributed by atoms with van der Waals surface area (Å²) in [7, 11) is 0. The van der Waals surface area contributed by atoms with Crippen LogP contribution in [0.3, 0.4) is 0 Å². The summed E-state index contributed by atoms with van der Waals surface area (Å²) in [6, 6.07) is 17.3. The number of nitrogens with one attached hydrogen (secondary N) is 1. The van der Waals surface area contributed by atoms with Gasteiger partial charge in [-0.05, 0) is 70.4 Å². The zero-order valence-electron chi connectivity index (χ0n) is 14.5. The van der Waals surface area contributed by atoms with Gasteiger partial charge < -0.3 is 10.1 Å². The molecule has 0 bridgehead atoms. The molecular formula is C21H17BrCl3NO. The lowest BCUT2D eigenvalue weighted by molar-refractivity contribution is 0.304. The molecule has 0 aliphatic heterocycles. The summed E-state index contributed by atoms with van der Waals surface area (Å²) < 4.78 is 6.76.